The first kappa shape index (κ1) is 8.88. The van der Waals surface area contributed by atoms with Crippen LogP contribution in [0.5, 0.6) is 0 Å². The van der Waals surface area contributed by atoms with Crippen LogP contribution in [0.3, 0.4) is 0 Å². The minimum absolute atomic E-state index is 0.0961. The van der Waals surface area contributed by atoms with E-state index in [1.807, 2.05) is 11.8 Å². The molecule has 0 amide bonds. The van der Waals surface area contributed by atoms with Crippen molar-refractivity contribution in [2.24, 2.45) is 5.73 Å². The van der Waals surface area contributed by atoms with Crippen molar-refractivity contribution in [1.29, 1.82) is 0 Å². The molecule has 62 valence electrons. The molecule has 0 saturated carbocycles. The zero-order valence-electron chi connectivity index (χ0n) is 7.29. The SMILES string of the molecule is CSC1(C)C=CC=C(C)C1N. The average Bonchev–Trinajstić information content (AvgIpc) is 2.00. The van der Waals surface area contributed by atoms with Crippen molar-refractivity contribution in [1.82, 2.24) is 0 Å². The van der Waals surface area contributed by atoms with E-state index >= 15 is 0 Å². The highest BCUT2D eigenvalue weighted by molar-refractivity contribution is 8.00. The largest absolute Gasteiger partial charge is 0.323 e. The Kier molecular flexibility index (Phi) is 2.45. The van der Waals surface area contributed by atoms with Gasteiger partial charge in [-0.25, -0.2) is 0 Å². The zero-order valence-corrected chi connectivity index (χ0v) is 8.11. The van der Waals surface area contributed by atoms with Crippen LogP contribution in [-0.2, 0) is 0 Å². The minimum Gasteiger partial charge on any atom is -0.323 e. The fourth-order valence-electron chi connectivity index (χ4n) is 1.25. The number of nitrogens with two attached hydrogens (primary N) is 1. The molecule has 0 saturated heterocycles. The third-order valence-electron chi connectivity index (χ3n) is 2.33. The molecule has 0 aliphatic heterocycles. The van der Waals surface area contributed by atoms with Gasteiger partial charge in [-0.1, -0.05) is 23.8 Å². The van der Waals surface area contributed by atoms with Gasteiger partial charge in [0.15, 0.2) is 0 Å². The lowest BCUT2D eigenvalue weighted by Crippen LogP contribution is -2.43. The van der Waals surface area contributed by atoms with Gasteiger partial charge in [0, 0.05) is 10.8 Å². The van der Waals surface area contributed by atoms with E-state index in [-0.39, 0.29) is 10.8 Å². The van der Waals surface area contributed by atoms with E-state index in [0.29, 0.717) is 0 Å². The Labute approximate surface area is 72.7 Å². The van der Waals surface area contributed by atoms with E-state index in [0.717, 1.165) is 0 Å². The highest BCUT2D eigenvalue weighted by Gasteiger charge is 2.30. The van der Waals surface area contributed by atoms with Gasteiger partial charge < -0.3 is 5.73 Å². The number of rotatable bonds is 1. The van der Waals surface area contributed by atoms with Crippen LogP contribution in [0.4, 0.5) is 0 Å². The van der Waals surface area contributed by atoms with Crippen LogP contribution in [0.25, 0.3) is 0 Å². The highest BCUT2D eigenvalue weighted by Crippen LogP contribution is 2.32. The summed E-state index contributed by atoms with van der Waals surface area (Å²) in [5, 5.41) is 0. The maximum Gasteiger partial charge on any atom is 0.0500 e. The molecule has 0 aromatic heterocycles. The number of hydrogen-bond donors (Lipinski definition) is 1. The van der Waals surface area contributed by atoms with Crippen molar-refractivity contribution in [2.45, 2.75) is 24.6 Å². The second-order valence-electron chi connectivity index (χ2n) is 3.14. The lowest BCUT2D eigenvalue weighted by Gasteiger charge is -2.33. The molecule has 11 heavy (non-hydrogen) atoms. The normalized spacial score (nSPS) is 37.1. The predicted molar refractivity (Wildman–Crippen MR) is 52.8 cm³/mol. The third-order valence-corrected chi connectivity index (χ3v) is 3.60. The molecule has 0 fully saturated rings. The van der Waals surface area contributed by atoms with Crippen molar-refractivity contribution < 1.29 is 0 Å². The molecular weight excluding hydrogens is 154 g/mol. The van der Waals surface area contributed by atoms with Crippen molar-refractivity contribution in [2.75, 3.05) is 6.26 Å². The molecule has 1 aliphatic rings. The van der Waals surface area contributed by atoms with Crippen molar-refractivity contribution in [3.8, 4) is 0 Å². The first-order valence-electron chi connectivity index (χ1n) is 3.77. The molecule has 2 N–H and O–H groups in total. The summed E-state index contributed by atoms with van der Waals surface area (Å²) in [6.45, 7) is 4.26. The van der Waals surface area contributed by atoms with E-state index in [9.17, 15) is 0 Å². The summed E-state index contributed by atoms with van der Waals surface area (Å²) in [6.07, 6.45) is 8.45. The van der Waals surface area contributed by atoms with Gasteiger partial charge in [0.2, 0.25) is 0 Å². The van der Waals surface area contributed by atoms with Crippen LogP contribution >= 0.6 is 11.8 Å². The lowest BCUT2D eigenvalue weighted by atomic mass is 9.91. The average molecular weight is 169 g/mol. The maximum absolute atomic E-state index is 6.03. The first-order chi connectivity index (χ1) is 5.10. The van der Waals surface area contributed by atoms with Gasteiger partial charge in [0.1, 0.15) is 0 Å². The van der Waals surface area contributed by atoms with E-state index in [1.165, 1.54) is 5.57 Å². The number of hydrogen-bond acceptors (Lipinski definition) is 2. The van der Waals surface area contributed by atoms with Gasteiger partial charge in [-0.2, -0.15) is 11.8 Å². The van der Waals surface area contributed by atoms with E-state index in [4.69, 9.17) is 5.73 Å². The molecule has 1 nitrogen and oxygen atoms in total. The van der Waals surface area contributed by atoms with Gasteiger partial charge in [-0.15, -0.1) is 0 Å². The van der Waals surface area contributed by atoms with Crippen molar-refractivity contribution in [3.63, 3.8) is 0 Å². The Morgan fingerprint density at radius 1 is 1.64 bits per heavy atom. The number of allylic oxidation sites excluding steroid dienone is 2. The first-order valence-corrected chi connectivity index (χ1v) is 4.99. The Hall–Kier alpha value is -0.210. The molecule has 2 heteroatoms. The van der Waals surface area contributed by atoms with Gasteiger partial charge in [-0.3, -0.25) is 0 Å². The fourth-order valence-corrected chi connectivity index (χ4v) is 1.90. The van der Waals surface area contributed by atoms with Crippen LogP contribution in [0.2, 0.25) is 0 Å². The summed E-state index contributed by atoms with van der Waals surface area (Å²) in [6, 6.07) is 0.169. The monoisotopic (exact) mass is 169 g/mol. The maximum atomic E-state index is 6.03. The van der Waals surface area contributed by atoms with Crippen LogP contribution in [0, 0.1) is 0 Å². The molecule has 0 spiro atoms. The van der Waals surface area contributed by atoms with Crippen LogP contribution in [0.15, 0.2) is 23.8 Å². The van der Waals surface area contributed by atoms with Crippen LogP contribution in [-0.4, -0.2) is 17.0 Å². The van der Waals surface area contributed by atoms with Crippen molar-refractivity contribution >= 4 is 11.8 Å². The van der Waals surface area contributed by atoms with Crippen LogP contribution in [0.1, 0.15) is 13.8 Å². The van der Waals surface area contributed by atoms with Crippen LogP contribution < -0.4 is 5.73 Å². The van der Waals surface area contributed by atoms with E-state index < -0.39 is 0 Å². The quantitative estimate of drug-likeness (QED) is 0.649. The van der Waals surface area contributed by atoms with Gasteiger partial charge in [0.05, 0.1) is 0 Å². The molecule has 0 aromatic carbocycles. The molecule has 0 aromatic rings. The van der Waals surface area contributed by atoms with Crippen molar-refractivity contribution in [3.05, 3.63) is 23.8 Å². The summed E-state index contributed by atoms with van der Waals surface area (Å²) >= 11 is 1.81. The Morgan fingerprint density at radius 2 is 2.27 bits per heavy atom. The second-order valence-corrected chi connectivity index (χ2v) is 4.42. The summed E-state index contributed by atoms with van der Waals surface area (Å²) in [5.41, 5.74) is 7.29. The van der Waals surface area contributed by atoms with Gasteiger partial charge in [0.25, 0.3) is 0 Å². The topological polar surface area (TPSA) is 26.0 Å². The second kappa shape index (κ2) is 3.03. The predicted octanol–water partition coefficient (Wildman–Crippen LogP) is 1.95. The zero-order chi connectivity index (χ0) is 8.48. The third kappa shape index (κ3) is 1.52. The van der Waals surface area contributed by atoms with E-state index in [1.54, 1.807) is 0 Å². The Bertz CT molecular complexity index is 208. The fraction of sp³-hybridized carbons (Fsp3) is 0.556. The van der Waals surface area contributed by atoms with Gasteiger partial charge >= 0.3 is 0 Å². The molecule has 2 unspecified atom stereocenters. The minimum atomic E-state index is 0.0961. The molecule has 0 heterocycles. The highest BCUT2D eigenvalue weighted by atomic mass is 32.2. The molecular formula is C9H15NS. The smallest absolute Gasteiger partial charge is 0.0500 e. The van der Waals surface area contributed by atoms with E-state index in [2.05, 4.69) is 38.3 Å². The molecule has 0 bridgehead atoms. The summed E-state index contributed by atoms with van der Waals surface area (Å²) < 4.78 is 0.0961. The Morgan fingerprint density at radius 3 is 2.73 bits per heavy atom. The van der Waals surface area contributed by atoms with Gasteiger partial charge in [-0.05, 0) is 20.1 Å². The molecule has 1 aliphatic carbocycles. The molecule has 1 rings (SSSR count). The molecule has 2 atom stereocenters. The molecule has 0 radical (unpaired) electrons. The standard InChI is InChI=1S/C9H15NS/c1-7-5-4-6-9(2,11-3)8(7)10/h4-6,8H,10H2,1-3H3. The lowest BCUT2D eigenvalue weighted by molar-refractivity contribution is 0.644. The summed E-state index contributed by atoms with van der Waals surface area (Å²) in [7, 11) is 0. The number of thioether (sulfide) groups is 1. The summed E-state index contributed by atoms with van der Waals surface area (Å²) in [4.78, 5) is 0. The summed E-state index contributed by atoms with van der Waals surface area (Å²) in [5.74, 6) is 0. The Balaban J connectivity index is 2.88.